The van der Waals surface area contributed by atoms with Gasteiger partial charge in [-0.2, -0.15) is 0 Å². The second-order valence-electron chi connectivity index (χ2n) is 2.66. The lowest BCUT2D eigenvalue weighted by Crippen LogP contribution is -2.21. The molecule has 2 nitrogen and oxygen atoms in total. The van der Waals surface area contributed by atoms with Crippen LogP contribution in [-0.4, -0.2) is 26.1 Å². The van der Waals surface area contributed by atoms with Gasteiger partial charge in [0.15, 0.2) is 5.12 Å². The Bertz CT molecular complexity index is 169. The minimum atomic E-state index is -0.600. The molecule has 0 radical (unpaired) electrons. The molecule has 0 atom stereocenters. The maximum Gasteiger partial charge on any atom is 0.186 e. The molecule has 0 aromatic rings. The molecule has 4 heteroatoms. The van der Waals surface area contributed by atoms with Crippen molar-refractivity contribution in [2.75, 3.05) is 11.5 Å². The average molecular weight is 192 g/mol. The number of thioether (sulfide) groups is 1. The van der Waals surface area contributed by atoms with Gasteiger partial charge >= 0.3 is 0 Å². The summed E-state index contributed by atoms with van der Waals surface area (Å²) in [6.45, 7) is 1.59. The van der Waals surface area contributed by atoms with E-state index in [4.69, 9.17) is 0 Å². The van der Waals surface area contributed by atoms with E-state index in [2.05, 4.69) is 0 Å². The standard InChI is InChI=1S/C7H12O2S2/c1-6(8)10-7-2-4-11(9)5-3-7/h7H,2-5H2,1H3. The number of rotatable bonds is 1. The maximum absolute atomic E-state index is 10.9. The third kappa shape index (κ3) is 3.38. The smallest absolute Gasteiger partial charge is 0.186 e. The molecule has 0 spiro atoms. The molecule has 1 fully saturated rings. The Hall–Kier alpha value is 0.170. The predicted molar refractivity (Wildman–Crippen MR) is 49.2 cm³/mol. The average Bonchev–Trinajstić information content (AvgIpc) is 1.93. The molecule has 1 aliphatic rings. The Morgan fingerprint density at radius 3 is 2.45 bits per heavy atom. The molecule has 0 bridgehead atoms. The monoisotopic (exact) mass is 192 g/mol. The SMILES string of the molecule is CC(=O)SC1CCS(=O)CC1. The second kappa shape index (κ2) is 4.26. The summed E-state index contributed by atoms with van der Waals surface area (Å²) in [5.74, 6) is 1.57. The highest BCUT2D eigenvalue weighted by Crippen LogP contribution is 2.23. The fraction of sp³-hybridized carbons (Fsp3) is 0.857. The van der Waals surface area contributed by atoms with Crippen molar-refractivity contribution >= 4 is 27.7 Å². The normalized spacial score (nSPS) is 31.7. The van der Waals surface area contributed by atoms with Gasteiger partial charge in [0.25, 0.3) is 0 Å². The van der Waals surface area contributed by atoms with Crippen LogP contribution in [0.5, 0.6) is 0 Å². The number of carbonyl (C=O) groups is 1. The molecule has 0 unspecified atom stereocenters. The highest BCUT2D eigenvalue weighted by atomic mass is 32.2. The van der Waals surface area contributed by atoms with Crippen LogP contribution in [0.15, 0.2) is 0 Å². The molecule has 0 N–H and O–H groups in total. The Morgan fingerprint density at radius 2 is 2.00 bits per heavy atom. The summed E-state index contributed by atoms with van der Waals surface area (Å²) in [6, 6.07) is 0. The molecule has 0 aliphatic carbocycles. The van der Waals surface area contributed by atoms with Crippen LogP contribution in [0.4, 0.5) is 0 Å². The summed E-state index contributed by atoms with van der Waals surface area (Å²) in [6.07, 6.45) is 1.88. The molecule has 0 saturated carbocycles. The molecule has 1 aliphatic heterocycles. The highest BCUT2D eigenvalue weighted by molar-refractivity contribution is 8.14. The highest BCUT2D eigenvalue weighted by Gasteiger charge is 2.19. The lowest BCUT2D eigenvalue weighted by Gasteiger charge is -2.18. The van der Waals surface area contributed by atoms with Crippen LogP contribution in [-0.2, 0) is 15.6 Å². The first-order chi connectivity index (χ1) is 5.18. The molecule has 0 aromatic heterocycles. The lowest BCUT2D eigenvalue weighted by molar-refractivity contribution is -0.109. The van der Waals surface area contributed by atoms with Crippen molar-refractivity contribution < 1.29 is 9.00 Å². The van der Waals surface area contributed by atoms with E-state index in [1.165, 1.54) is 11.8 Å². The maximum atomic E-state index is 10.9. The topological polar surface area (TPSA) is 34.1 Å². The number of carbonyl (C=O) groups excluding carboxylic acids is 1. The zero-order valence-electron chi connectivity index (χ0n) is 6.54. The van der Waals surface area contributed by atoms with Crippen molar-refractivity contribution in [3.05, 3.63) is 0 Å². The first-order valence-corrected chi connectivity index (χ1v) is 6.07. The van der Waals surface area contributed by atoms with E-state index in [9.17, 15) is 9.00 Å². The fourth-order valence-electron chi connectivity index (χ4n) is 1.12. The van der Waals surface area contributed by atoms with Gasteiger partial charge in [0.05, 0.1) is 0 Å². The van der Waals surface area contributed by atoms with E-state index in [1.807, 2.05) is 0 Å². The third-order valence-electron chi connectivity index (χ3n) is 1.67. The van der Waals surface area contributed by atoms with E-state index in [0.29, 0.717) is 5.25 Å². The second-order valence-corrected chi connectivity index (χ2v) is 5.83. The van der Waals surface area contributed by atoms with Crippen molar-refractivity contribution in [1.29, 1.82) is 0 Å². The van der Waals surface area contributed by atoms with Crippen molar-refractivity contribution in [2.45, 2.75) is 25.0 Å². The van der Waals surface area contributed by atoms with Crippen molar-refractivity contribution in [1.82, 2.24) is 0 Å². The molecule has 11 heavy (non-hydrogen) atoms. The minimum Gasteiger partial charge on any atom is -0.288 e. The van der Waals surface area contributed by atoms with Crippen LogP contribution >= 0.6 is 11.8 Å². The summed E-state index contributed by atoms with van der Waals surface area (Å²) >= 11 is 1.40. The fourth-order valence-corrected chi connectivity index (χ4v) is 3.66. The zero-order valence-corrected chi connectivity index (χ0v) is 8.17. The molecule has 1 rings (SSSR count). The van der Waals surface area contributed by atoms with E-state index < -0.39 is 10.8 Å². The van der Waals surface area contributed by atoms with Gasteiger partial charge in [-0.25, -0.2) is 0 Å². The van der Waals surface area contributed by atoms with Crippen LogP contribution in [0.3, 0.4) is 0 Å². The lowest BCUT2D eigenvalue weighted by atomic mass is 10.2. The Kier molecular flexibility index (Phi) is 3.59. The molecule has 0 aromatic carbocycles. The Morgan fingerprint density at radius 1 is 1.45 bits per heavy atom. The summed E-state index contributed by atoms with van der Waals surface area (Å²) in [4.78, 5) is 10.7. The van der Waals surface area contributed by atoms with Crippen LogP contribution < -0.4 is 0 Å². The van der Waals surface area contributed by atoms with Gasteiger partial charge in [0.1, 0.15) is 0 Å². The quantitative estimate of drug-likeness (QED) is 0.625. The van der Waals surface area contributed by atoms with Gasteiger partial charge in [-0.1, -0.05) is 11.8 Å². The molecule has 64 valence electrons. The van der Waals surface area contributed by atoms with Crippen LogP contribution in [0, 0.1) is 0 Å². The van der Waals surface area contributed by atoms with Gasteiger partial charge in [-0.05, 0) is 12.8 Å². The Balaban J connectivity index is 2.28. The van der Waals surface area contributed by atoms with Crippen LogP contribution in [0.25, 0.3) is 0 Å². The summed E-state index contributed by atoms with van der Waals surface area (Å²) in [5, 5.41) is 0.618. The summed E-state index contributed by atoms with van der Waals surface area (Å²) in [5.41, 5.74) is 0. The molecule has 1 heterocycles. The van der Waals surface area contributed by atoms with Gasteiger partial charge in [0.2, 0.25) is 0 Å². The molecule has 0 amide bonds. The van der Waals surface area contributed by atoms with Gasteiger partial charge in [-0.15, -0.1) is 0 Å². The largest absolute Gasteiger partial charge is 0.288 e. The van der Waals surface area contributed by atoms with Crippen molar-refractivity contribution in [2.24, 2.45) is 0 Å². The van der Waals surface area contributed by atoms with E-state index >= 15 is 0 Å². The molecule has 1 saturated heterocycles. The molecular weight excluding hydrogens is 180 g/mol. The first-order valence-electron chi connectivity index (χ1n) is 3.70. The summed E-state index contributed by atoms with van der Waals surface area (Å²) in [7, 11) is -0.600. The van der Waals surface area contributed by atoms with Gasteiger partial charge in [0, 0.05) is 34.5 Å². The predicted octanol–water partition coefficient (Wildman–Crippen LogP) is 1.18. The van der Waals surface area contributed by atoms with E-state index in [-0.39, 0.29) is 5.12 Å². The van der Waals surface area contributed by atoms with E-state index in [1.54, 1.807) is 6.92 Å². The van der Waals surface area contributed by atoms with Crippen molar-refractivity contribution in [3.8, 4) is 0 Å². The zero-order chi connectivity index (χ0) is 8.27. The number of hydrogen-bond donors (Lipinski definition) is 0. The van der Waals surface area contributed by atoms with Crippen LogP contribution in [0.1, 0.15) is 19.8 Å². The number of hydrogen-bond acceptors (Lipinski definition) is 3. The van der Waals surface area contributed by atoms with Crippen molar-refractivity contribution in [3.63, 3.8) is 0 Å². The van der Waals surface area contributed by atoms with Gasteiger partial charge < -0.3 is 0 Å². The minimum absolute atomic E-state index is 0.183. The first kappa shape index (κ1) is 9.26. The van der Waals surface area contributed by atoms with Crippen LogP contribution in [0.2, 0.25) is 0 Å². The van der Waals surface area contributed by atoms with Gasteiger partial charge in [-0.3, -0.25) is 9.00 Å². The van der Waals surface area contributed by atoms with E-state index in [0.717, 1.165) is 24.3 Å². The third-order valence-corrected chi connectivity index (χ3v) is 4.19. The molecular formula is C7H12O2S2. The summed E-state index contributed by atoms with van der Waals surface area (Å²) < 4.78 is 10.9. The Labute approximate surface area is 73.6 Å².